The number of carbonyl (C=O) groups is 1. The van der Waals surface area contributed by atoms with E-state index in [1.165, 1.54) is 12.8 Å². The minimum absolute atomic E-state index is 0. The number of halogens is 1. The van der Waals surface area contributed by atoms with Crippen LogP contribution >= 0.6 is 24.0 Å². The van der Waals surface area contributed by atoms with E-state index in [4.69, 9.17) is 9.73 Å². The molecule has 0 spiro atoms. The predicted octanol–water partition coefficient (Wildman–Crippen LogP) is 2.58. The molecule has 0 saturated carbocycles. The maximum absolute atomic E-state index is 12.7. The zero-order chi connectivity index (χ0) is 18.1. The molecule has 152 valence electrons. The molecule has 2 heterocycles. The van der Waals surface area contributed by atoms with Crippen LogP contribution < -0.4 is 5.32 Å². The number of morpholine rings is 1. The Morgan fingerprint density at radius 3 is 2.23 bits per heavy atom. The Kier molecular flexibility index (Phi) is 11.5. The Morgan fingerprint density at radius 2 is 1.69 bits per heavy atom. The number of likely N-dealkylation sites (tertiary alicyclic amines) is 1. The minimum Gasteiger partial charge on any atom is -0.378 e. The molecule has 0 aliphatic carbocycles. The van der Waals surface area contributed by atoms with Crippen molar-refractivity contribution in [2.24, 2.45) is 16.8 Å². The molecule has 0 aromatic carbocycles. The van der Waals surface area contributed by atoms with Gasteiger partial charge in [-0.05, 0) is 25.7 Å². The Bertz CT molecular complexity index is 429. The molecule has 0 bridgehead atoms. The molecule has 0 aromatic rings. The third-order valence-corrected chi connectivity index (χ3v) is 5.46. The van der Waals surface area contributed by atoms with Crippen molar-refractivity contribution in [1.29, 1.82) is 0 Å². The van der Waals surface area contributed by atoms with Crippen molar-refractivity contribution in [3.8, 4) is 0 Å². The molecular formula is C19H37IN4O2. The number of hydrogen-bond donors (Lipinski definition) is 1. The quantitative estimate of drug-likeness (QED) is 0.361. The standard InChI is InChI=1S/C19H36N4O2.HI/c1-4-16(5-2)15-21-19(20-6-3)23-9-7-17(8-10-23)18(24)22-11-13-25-14-12-22;/h16-17H,4-15H2,1-3H3,(H,20,21);1H. The van der Waals surface area contributed by atoms with Gasteiger partial charge in [-0.1, -0.05) is 26.7 Å². The van der Waals surface area contributed by atoms with Crippen LogP contribution in [-0.2, 0) is 9.53 Å². The summed E-state index contributed by atoms with van der Waals surface area (Å²) in [6, 6.07) is 0. The van der Waals surface area contributed by atoms with Gasteiger partial charge in [0.1, 0.15) is 0 Å². The zero-order valence-corrected chi connectivity index (χ0v) is 19.0. The molecule has 0 radical (unpaired) electrons. The molecule has 0 unspecified atom stereocenters. The van der Waals surface area contributed by atoms with E-state index in [1.54, 1.807) is 0 Å². The van der Waals surface area contributed by atoms with E-state index in [1.807, 2.05) is 4.90 Å². The normalized spacial score (nSPS) is 19.5. The number of piperidine rings is 1. The molecule has 2 aliphatic heterocycles. The van der Waals surface area contributed by atoms with Crippen LogP contribution in [0.5, 0.6) is 0 Å². The number of nitrogens with zero attached hydrogens (tertiary/aromatic N) is 3. The molecule has 2 saturated heterocycles. The van der Waals surface area contributed by atoms with Crippen LogP contribution in [0.1, 0.15) is 46.5 Å². The van der Waals surface area contributed by atoms with E-state index in [9.17, 15) is 4.79 Å². The Labute approximate surface area is 176 Å². The number of ether oxygens (including phenoxy) is 1. The first kappa shape index (κ1) is 23.5. The average Bonchev–Trinajstić information content (AvgIpc) is 2.68. The lowest BCUT2D eigenvalue weighted by Gasteiger charge is -2.36. The van der Waals surface area contributed by atoms with Crippen LogP contribution in [0.3, 0.4) is 0 Å². The van der Waals surface area contributed by atoms with Crippen molar-refractivity contribution in [1.82, 2.24) is 15.1 Å². The number of amides is 1. The van der Waals surface area contributed by atoms with E-state index in [0.717, 1.165) is 58.1 Å². The summed E-state index contributed by atoms with van der Waals surface area (Å²) in [6.07, 6.45) is 4.20. The fourth-order valence-corrected chi connectivity index (χ4v) is 3.57. The molecule has 1 N–H and O–H groups in total. The molecule has 2 aliphatic rings. The molecular weight excluding hydrogens is 443 g/mol. The van der Waals surface area contributed by atoms with Gasteiger partial charge in [0.25, 0.3) is 0 Å². The Morgan fingerprint density at radius 1 is 1.08 bits per heavy atom. The van der Waals surface area contributed by atoms with Crippen LogP contribution in [-0.4, -0.2) is 74.1 Å². The monoisotopic (exact) mass is 480 g/mol. The topological polar surface area (TPSA) is 57.2 Å². The number of guanidine groups is 1. The first-order valence-electron chi connectivity index (χ1n) is 10.1. The van der Waals surface area contributed by atoms with Gasteiger partial charge in [-0.15, -0.1) is 24.0 Å². The van der Waals surface area contributed by atoms with E-state index >= 15 is 0 Å². The lowest BCUT2D eigenvalue weighted by molar-refractivity contribution is -0.140. The number of hydrogen-bond acceptors (Lipinski definition) is 3. The number of carbonyl (C=O) groups excluding carboxylic acids is 1. The summed E-state index contributed by atoms with van der Waals surface area (Å²) >= 11 is 0. The second-order valence-corrected chi connectivity index (χ2v) is 7.08. The maximum Gasteiger partial charge on any atom is 0.225 e. The average molecular weight is 480 g/mol. The highest BCUT2D eigenvalue weighted by molar-refractivity contribution is 14.0. The van der Waals surface area contributed by atoms with E-state index in [0.29, 0.717) is 25.0 Å². The fourth-order valence-electron chi connectivity index (χ4n) is 3.57. The van der Waals surface area contributed by atoms with Gasteiger partial charge in [-0.3, -0.25) is 9.79 Å². The van der Waals surface area contributed by atoms with Gasteiger partial charge in [0.15, 0.2) is 5.96 Å². The van der Waals surface area contributed by atoms with Crippen molar-refractivity contribution in [2.75, 3.05) is 52.5 Å². The number of nitrogens with one attached hydrogen (secondary N) is 1. The molecule has 2 rings (SSSR count). The lowest BCUT2D eigenvalue weighted by atomic mass is 9.95. The van der Waals surface area contributed by atoms with Gasteiger partial charge < -0.3 is 19.9 Å². The SMILES string of the molecule is CCNC(=NCC(CC)CC)N1CCC(C(=O)N2CCOCC2)CC1.I. The summed E-state index contributed by atoms with van der Waals surface area (Å²) in [4.78, 5) is 21.8. The first-order valence-corrected chi connectivity index (χ1v) is 10.1. The van der Waals surface area contributed by atoms with Crippen LogP contribution in [0, 0.1) is 11.8 Å². The second-order valence-electron chi connectivity index (χ2n) is 7.08. The Balaban J connectivity index is 0.00000338. The summed E-state index contributed by atoms with van der Waals surface area (Å²) < 4.78 is 5.35. The minimum atomic E-state index is 0. The third kappa shape index (κ3) is 6.87. The van der Waals surface area contributed by atoms with Gasteiger partial charge in [0, 0.05) is 45.2 Å². The van der Waals surface area contributed by atoms with Gasteiger partial charge in [0.05, 0.1) is 13.2 Å². The smallest absolute Gasteiger partial charge is 0.225 e. The van der Waals surface area contributed by atoms with Crippen LogP contribution in [0.4, 0.5) is 0 Å². The summed E-state index contributed by atoms with van der Waals surface area (Å²) in [5, 5.41) is 3.43. The summed E-state index contributed by atoms with van der Waals surface area (Å²) in [6.45, 7) is 13.0. The van der Waals surface area contributed by atoms with Crippen molar-refractivity contribution >= 4 is 35.8 Å². The van der Waals surface area contributed by atoms with E-state index in [2.05, 4.69) is 31.0 Å². The van der Waals surface area contributed by atoms with Crippen LogP contribution in [0.25, 0.3) is 0 Å². The Hall–Kier alpha value is -0.570. The maximum atomic E-state index is 12.7. The molecule has 1 amide bonds. The van der Waals surface area contributed by atoms with Crippen LogP contribution in [0.2, 0.25) is 0 Å². The largest absolute Gasteiger partial charge is 0.378 e. The first-order chi connectivity index (χ1) is 12.2. The van der Waals surface area contributed by atoms with Crippen molar-refractivity contribution in [3.63, 3.8) is 0 Å². The van der Waals surface area contributed by atoms with Crippen molar-refractivity contribution < 1.29 is 9.53 Å². The van der Waals surface area contributed by atoms with Gasteiger partial charge in [-0.2, -0.15) is 0 Å². The molecule has 6 nitrogen and oxygen atoms in total. The highest BCUT2D eigenvalue weighted by Crippen LogP contribution is 2.20. The molecule has 0 atom stereocenters. The second kappa shape index (κ2) is 12.8. The zero-order valence-electron chi connectivity index (χ0n) is 16.7. The predicted molar refractivity (Wildman–Crippen MR) is 117 cm³/mol. The summed E-state index contributed by atoms with van der Waals surface area (Å²) in [7, 11) is 0. The lowest BCUT2D eigenvalue weighted by Crippen LogP contribution is -2.50. The summed E-state index contributed by atoms with van der Waals surface area (Å²) in [5.74, 6) is 2.17. The molecule has 26 heavy (non-hydrogen) atoms. The van der Waals surface area contributed by atoms with Gasteiger partial charge in [-0.25, -0.2) is 0 Å². The van der Waals surface area contributed by atoms with E-state index in [-0.39, 0.29) is 29.9 Å². The molecule has 7 heteroatoms. The fraction of sp³-hybridized carbons (Fsp3) is 0.895. The van der Waals surface area contributed by atoms with Gasteiger partial charge >= 0.3 is 0 Å². The third-order valence-electron chi connectivity index (χ3n) is 5.46. The van der Waals surface area contributed by atoms with Crippen molar-refractivity contribution in [3.05, 3.63) is 0 Å². The van der Waals surface area contributed by atoms with Crippen molar-refractivity contribution in [2.45, 2.75) is 46.5 Å². The van der Waals surface area contributed by atoms with E-state index < -0.39 is 0 Å². The van der Waals surface area contributed by atoms with Crippen LogP contribution in [0.15, 0.2) is 4.99 Å². The summed E-state index contributed by atoms with van der Waals surface area (Å²) in [5.41, 5.74) is 0. The highest BCUT2D eigenvalue weighted by atomic mass is 127. The van der Waals surface area contributed by atoms with Gasteiger partial charge in [0.2, 0.25) is 5.91 Å². The number of aliphatic imine (C=N–C) groups is 1. The molecule has 0 aromatic heterocycles. The molecule has 2 fully saturated rings. The number of rotatable bonds is 6. The highest BCUT2D eigenvalue weighted by Gasteiger charge is 2.30.